The summed E-state index contributed by atoms with van der Waals surface area (Å²) in [6.07, 6.45) is 3.50. The Balaban J connectivity index is 2.91. The monoisotopic (exact) mass is 326 g/mol. The molecule has 1 aromatic heterocycles. The van der Waals surface area contributed by atoms with Crippen LogP contribution in [0.25, 0.3) is 0 Å². The molecule has 0 aliphatic carbocycles. The van der Waals surface area contributed by atoms with Gasteiger partial charge in [0.25, 0.3) is 0 Å². The number of hydrogen-bond donors (Lipinski definition) is 1. The number of aromatic nitrogens is 3. The average Bonchev–Trinajstić information content (AvgIpc) is 2.90. The molecule has 1 amide bonds. The SMILES string of the molecule is CCC(CC)C(=O)NC(n1cncn1)C(Cl)(Cl)CCl. The molecule has 0 fully saturated rings. The molecule has 108 valence electrons. The number of carbonyl (C=O) groups excluding carboxylic acids is 1. The molecule has 1 aromatic rings. The van der Waals surface area contributed by atoms with Gasteiger partial charge in [-0.25, -0.2) is 9.67 Å². The maximum Gasteiger partial charge on any atom is 0.224 e. The normalized spacial score (nSPS) is 13.6. The Kier molecular flexibility index (Phi) is 6.36. The third kappa shape index (κ3) is 4.23. The summed E-state index contributed by atoms with van der Waals surface area (Å²) in [7, 11) is 0. The number of alkyl halides is 3. The average molecular weight is 328 g/mol. The summed E-state index contributed by atoms with van der Waals surface area (Å²) in [5.74, 6) is -0.268. The number of hydrogen-bond acceptors (Lipinski definition) is 3. The zero-order valence-electron chi connectivity index (χ0n) is 10.8. The summed E-state index contributed by atoms with van der Waals surface area (Å²) in [5.41, 5.74) is 0. The fourth-order valence-corrected chi connectivity index (χ4v) is 2.16. The van der Waals surface area contributed by atoms with Crippen molar-refractivity contribution in [1.82, 2.24) is 20.1 Å². The zero-order valence-corrected chi connectivity index (χ0v) is 13.1. The molecule has 0 aromatic carbocycles. The molecular weight excluding hydrogens is 311 g/mol. The minimum absolute atomic E-state index is 0.0518. The lowest BCUT2D eigenvalue weighted by Crippen LogP contribution is -2.46. The Morgan fingerprint density at radius 3 is 2.47 bits per heavy atom. The van der Waals surface area contributed by atoms with Crippen molar-refractivity contribution in [1.29, 1.82) is 0 Å². The Bertz CT molecular complexity index is 393. The van der Waals surface area contributed by atoms with Gasteiger partial charge in [-0.15, -0.1) is 11.6 Å². The number of nitrogens with one attached hydrogen (secondary N) is 1. The van der Waals surface area contributed by atoms with Crippen LogP contribution in [0.4, 0.5) is 0 Å². The van der Waals surface area contributed by atoms with Crippen molar-refractivity contribution in [2.24, 2.45) is 5.92 Å². The lowest BCUT2D eigenvalue weighted by atomic mass is 10.0. The number of amides is 1. The van der Waals surface area contributed by atoms with Crippen LogP contribution in [0.2, 0.25) is 0 Å². The number of carbonyl (C=O) groups is 1. The fourth-order valence-electron chi connectivity index (χ4n) is 1.70. The van der Waals surface area contributed by atoms with Gasteiger partial charge in [-0.05, 0) is 12.8 Å². The Labute approximate surface area is 127 Å². The van der Waals surface area contributed by atoms with E-state index >= 15 is 0 Å². The predicted molar refractivity (Wildman–Crippen MR) is 76.4 cm³/mol. The van der Waals surface area contributed by atoms with E-state index in [4.69, 9.17) is 34.8 Å². The van der Waals surface area contributed by atoms with E-state index in [0.717, 1.165) is 12.8 Å². The standard InChI is InChI=1S/C11H17Cl3N4O/c1-3-8(4-2)9(19)17-10(11(13,14)5-12)18-7-15-6-16-18/h6-8,10H,3-5H2,1-2H3,(H,17,19). The molecule has 1 unspecified atom stereocenters. The second kappa shape index (κ2) is 7.31. The van der Waals surface area contributed by atoms with Crippen molar-refractivity contribution < 1.29 is 4.79 Å². The summed E-state index contributed by atoms with van der Waals surface area (Å²) in [5, 5.41) is 6.74. The molecule has 19 heavy (non-hydrogen) atoms. The molecule has 1 N–H and O–H groups in total. The summed E-state index contributed by atoms with van der Waals surface area (Å²) >= 11 is 18.0. The summed E-state index contributed by atoms with van der Waals surface area (Å²) in [4.78, 5) is 16.0. The van der Waals surface area contributed by atoms with Gasteiger partial charge in [-0.1, -0.05) is 37.0 Å². The van der Waals surface area contributed by atoms with E-state index in [2.05, 4.69) is 15.4 Å². The van der Waals surface area contributed by atoms with E-state index in [1.807, 2.05) is 13.8 Å². The quantitative estimate of drug-likeness (QED) is 0.783. The third-order valence-electron chi connectivity index (χ3n) is 2.91. The van der Waals surface area contributed by atoms with E-state index in [0.29, 0.717) is 0 Å². The van der Waals surface area contributed by atoms with Crippen LogP contribution >= 0.6 is 34.8 Å². The Morgan fingerprint density at radius 2 is 2.05 bits per heavy atom. The van der Waals surface area contributed by atoms with Crippen LogP contribution in [-0.2, 0) is 4.79 Å². The second-order valence-corrected chi connectivity index (χ2v) is 6.00. The van der Waals surface area contributed by atoms with Crippen molar-refractivity contribution in [2.45, 2.75) is 37.2 Å². The predicted octanol–water partition coefficient (Wildman–Crippen LogP) is 2.74. The van der Waals surface area contributed by atoms with Crippen molar-refractivity contribution in [2.75, 3.05) is 5.88 Å². The van der Waals surface area contributed by atoms with Crippen LogP contribution in [0.3, 0.4) is 0 Å². The molecule has 0 bridgehead atoms. The molecule has 1 heterocycles. The van der Waals surface area contributed by atoms with Crippen LogP contribution in [0, 0.1) is 5.92 Å². The first-order valence-corrected chi connectivity index (χ1v) is 7.33. The first-order valence-electron chi connectivity index (χ1n) is 6.04. The van der Waals surface area contributed by atoms with E-state index in [1.54, 1.807) is 0 Å². The number of nitrogens with zero attached hydrogens (tertiary/aromatic N) is 3. The fraction of sp³-hybridized carbons (Fsp3) is 0.727. The van der Waals surface area contributed by atoms with Gasteiger partial charge in [0.15, 0.2) is 10.5 Å². The highest BCUT2D eigenvalue weighted by Gasteiger charge is 2.38. The molecule has 0 aliphatic heterocycles. The minimum Gasteiger partial charge on any atom is -0.331 e. The highest BCUT2D eigenvalue weighted by Crippen LogP contribution is 2.33. The Hall–Kier alpha value is -0.520. The Morgan fingerprint density at radius 1 is 1.42 bits per heavy atom. The van der Waals surface area contributed by atoms with Crippen LogP contribution in [0.15, 0.2) is 12.7 Å². The third-order valence-corrected chi connectivity index (χ3v) is 4.29. The highest BCUT2D eigenvalue weighted by atomic mass is 35.5. The second-order valence-electron chi connectivity index (χ2n) is 4.19. The van der Waals surface area contributed by atoms with Crippen LogP contribution in [0.1, 0.15) is 32.9 Å². The molecule has 0 saturated carbocycles. The summed E-state index contributed by atoms with van der Waals surface area (Å²) < 4.78 is 0.0274. The maximum absolute atomic E-state index is 12.1. The van der Waals surface area contributed by atoms with Gasteiger partial charge in [-0.3, -0.25) is 4.79 Å². The molecular formula is C11H17Cl3N4O. The van der Waals surface area contributed by atoms with Gasteiger partial charge in [0.2, 0.25) is 5.91 Å². The van der Waals surface area contributed by atoms with Gasteiger partial charge >= 0.3 is 0 Å². The molecule has 0 saturated heterocycles. The first kappa shape index (κ1) is 16.5. The van der Waals surface area contributed by atoms with Crippen LogP contribution < -0.4 is 5.32 Å². The molecule has 5 nitrogen and oxygen atoms in total. The zero-order chi connectivity index (χ0) is 14.5. The van der Waals surface area contributed by atoms with Crippen molar-refractivity contribution in [3.8, 4) is 0 Å². The van der Waals surface area contributed by atoms with Gasteiger partial charge < -0.3 is 5.32 Å². The van der Waals surface area contributed by atoms with Gasteiger partial charge in [0.1, 0.15) is 12.7 Å². The minimum atomic E-state index is -1.36. The summed E-state index contributed by atoms with van der Waals surface area (Å²) in [6, 6.07) is 0. The van der Waals surface area contributed by atoms with Crippen molar-refractivity contribution >= 4 is 40.7 Å². The number of rotatable bonds is 7. The van der Waals surface area contributed by atoms with Gasteiger partial charge in [0, 0.05) is 5.92 Å². The highest BCUT2D eigenvalue weighted by molar-refractivity contribution is 6.51. The van der Waals surface area contributed by atoms with Gasteiger partial charge in [0.05, 0.1) is 5.88 Å². The van der Waals surface area contributed by atoms with E-state index in [-0.39, 0.29) is 17.7 Å². The van der Waals surface area contributed by atoms with Gasteiger partial charge in [-0.2, -0.15) is 5.10 Å². The van der Waals surface area contributed by atoms with Crippen molar-refractivity contribution in [3.63, 3.8) is 0 Å². The van der Waals surface area contributed by atoms with E-state index in [1.165, 1.54) is 17.3 Å². The topological polar surface area (TPSA) is 59.8 Å². The summed E-state index contributed by atoms with van der Waals surface area (Å²) in [6.45, 7) is 3.91. The molecule has 1 atom stereocenters. The molecule has 0 aliphatic rings. The molecule has 0 radical (unpaired) electrons. The van der Waals surface area contributed by atoms with E-state index in [9.17, 15) is 4.79 Å². The van der Waals surface area contributed by atoms with Crippen LogP contribution in [-0.4, -0.2) is 30.9 Å². The lowest BCUT2D eigenvalue weighted by Gasteiger charge is -2.30. The smallest absolute Gasteiger partial charge is 0.224 e. The largest absolute Gasteiger partial charge is 0.331 e. The van der Waals surface area contributed by atoms with Crippen molar-refractivity contribution in [3.05, 3.63) is 12.7 Å². The molecule has 0 spiro atoms. The molecule has 1 rings (SSSR count). The number of halogens is 3. The van der Waals surface area contributed by atoms with E-state index < -0.39 is 10.5 Å². The maximum atomic E-state index is 12.1. The first-order chi connectivity index (χ1) is 8.96. The molecule has 8 heteroatoms. The lowest BCUT2D eigenvalue weighted by molar-refractivity contribution is -0.126. The van der Waals surface area contributed by atoms with Crippen LogP contribution in [0.5, 0.6) is 0 Å².